The summed E-state index contributed by atoms with van der Waals surface area (Å²) < 4.78 is 1.58. The minimum absolute atomic E-state index is 0.0441. The Bertz CT molecular complexity index is 581. The SMILES string of the molecule is CCc1c(C(=O)NC(C)CCO)cnc2ncnn12. The third-order valence-electron chi connectivity index (χ3n) is 2.92. The molecule has 0 aromatic carbocycles. The molecule has 1 atom stereocenters. The van der Waals surface area contributed by atoms with Crippen LogP contribution in [-0.4, -0.2) is 43.2 Å². The molecular formula is C12H17N5O2. The van der Waals surface area contributed by atoms with Crippen LogP contribution in [0.15, 0.2) is 12.5 Å². The quantitative estimate of drug-likeness (QED) is 0.803. The highest BCUT2D eigenvalue weighted by molar-refractivity contribution is 5.95. The molecule has 7 nitrogen and oxygen atoms in total. The molecule has 0 saturated carbocycles. The van der Waals surface area contributed by atoms with Crippen molar-refractivity contribution in [3.8, 4) is 0 Å². The minimum Gasteiger partial charge on any atom is -0.396 e. The van der Waals surface area contributed by atoms with Gasteiger partial charge in [0.15, 0.2) is 0 Å². The van der Waals surface area contributed by atoms with Crippen LogP contribution in [0.1, 0.15) is 36.3 Å². The third-order valence-corrected chi connectivity index (χ3v) is 2.92. The molecule has 1 amide bonds. The van der Waals surface area contributed by atoms with E-state index >= 15 is 0 Å². The van der Waals surface area contributed by atoms with Crippen molar-refractivity contribution in [3.63, 3.8) is 0 Å². The van der Waals surface area contributed by atoms with Crippen LogP contribution in [0.4, 0.5) is 0 Å². The smallest absolute Gasteiger partial charge is 0.254 e. The van der Waals surface area contributed by atoms with Crippen LogP contribution >= 0.6 is 0 Å². The molecule has 0 bridgehead atoms. The lowest BCUT2D eigenvalue weighted by molar-refractivity contribution is 0.0932. The number of fused-ring (bicyclic) bond motifs is 1. The number of nitrogens with zero attached hydrogens (tertiary/aromatic N) is 4. The van der Waals surface area contributed by atoms with E-state index in [0.717, 1.165) is 5.69 Å². The van der Waals surface area contributed by atoms with Gasteiger partial charge in [0, 0.05) is 18.8 Å². The van der Waals surface area contributed by atoms with Crippen LogP contribution in [0.25, 0.3) is 5.78 Å². The Morgan fingerprint density at radius 2 is 2.32 bits per heavy atom. The second kappa shape index (κ2) is 5.75. The van der Waals surface area contributed by atoms with E-state index in [0.29, 0.717) is 24.2 Å². The lowest BCUT2D eigenvalue weighted by Crippen LogP contribution is -2.34. The molecule has 2 heterocycles. The van der Waals surface area contributed by atoms with Crippen molar-refractivity contribution in [2.24, 2.45) is 0 Å². The fraction of sp³-hybridized carbons (Fsp3) is 0.500. The van der Waals surface area contributed by atoms with Crippen molar-refractivity contribution in [1.82, 2.24) is 24.9 Å². The largest absolute Gasteiger partial charge is 0.396 e. The number of aliphatic hydroxyl groups excluding tert-OH is 1. The number of aliphatic hydroxyl groups is 1. The summed E-state index contributed by atoms with van der Waals surface area (Å²) in [5.41, 5.74) is 1.27. The summed E-state index contributed by atoms with van der Waals surface area (Å²) in [5.74, 6) is 0.277. The maximum absolute atomic E-state index is 12.2. The van der Waals surface area contributed by atoms with Crippen molar-refractivity contribution in [2.45, 2.75) is 32.7 Å². The van der Waals surface area contributed by atoms with Crippen LogP contribution in [-0.2, 0) is 6.42 Å². The molecular weight excluding hydrogens is 246 g/mol. The molecule has 0 spiro atoms. The van der Waals surface area contributed by atoms with Gasteiger partial charge in [-0.2, -0.15) is 10.1 Å². The Kier molecular flexibility index (Phi) is 4.06. The molecule has 102 valence electrons. The number of carbonyl (C=O) groups excluding carboxylic acids is 1. The number of aromatic nitrogens is 4. The number of carbonyl (C=O) groups is 1. The van der Waals surface area contributed by atoms with Gasteiger partial charge < -0.3 is 10.4 Å². The molecule has 2 aromatic heterocycles. The van der Waals surface area contributed by atoms with E-state index in [2.05, 4.69) is 20.4 Å². The summed E-state index contributed by atoms with van der Waals surface area (Å²) in [6.45, 7) is 3.84. The first-order valence-electron chi connectivity index (χ1n) is 6.26. The number of aryl methyl sites for hydroxylation is 1. The molecule has 0 aliphatic heterocycles. The van der Waals surface area contributed by atoms with Crippen LogP contribution in [0.3, 0.4) is 0 Å². The Morgan fingerprint density at radius 3 is 3.00 bits per heavy atom. The zero-order chi connectivity index (χ0) is 13.8. The average molecular weight is 263 g/mol. The van der Waals surface area contributed by atoms with E-state index in [4.69, 9.17) is 5.11 Å². The molecule has 19 heavy (non-hydrogen) atoms. The maximum atomic E-state index is 12.2. The van der Waals surface area contributed by atoms with E-state index in [1.165, 1.54) is 12.5 Å². The predicted molar refractivity (Wildman–Crippen MR) is 68.8 cm³/mol. The van der Waals surface area contributed by atoms with Gasteiger partial charge in [0.05, 0.1) is 11.3 Å². The normalized spacial score (nSPS) is 12.6. The molecule has 0 radical (unpaired) electrons. The van der Waals surface area contributed by atoms with Gasteiger partial charge >= 0.3 is 0 Å². The van der Waals surface area contributed by atoms with Crippen molar-refractivity contribution in [2.75, 3.05) is 6.61 Å². The van der Waals surface area contributed by atoms with Crippen molar-refractivity contribution < 1.29 is 9.90 Å². The number of rotatable bonds is 5. The van der Waals surface area contributed by atoms with E-state index < -0.39 is 0 Å². The second-order valence-corrected chi connectivity index (χ2v) is 4.33. The number of amides is 1. The highest BCUT2D eigenvalue weighted by atomic mass is 16.3. The van der Waals surface area contributed by atoms with Crippen LogP contribution in [0.5, 0.6) is 0 Å². The lowest BCUT2D eigenvalue weighted by atomic mass is 10.1. The van der Waals surface area contributed by atoms with Gasteiger partial charge in [-0.3, -0.25) is 4.79 Å². The van der Waals surface area contributed by atoms with Gasteiger partial charge in [-0.15, -0.1) is 0 Å². The van der Waals surface area contributed by atoms with Gasteiger partial charge in [-0.05, 0) is 19.8 Å². The molecule has 0 aliphatic rings. The van der Waals surface area contributed by atoms with Gasteiger partial charge in [-0.25, -0.2) is 9.50 Å². The average Bonchev–Trinajstić information content (AvgIpc) is 2.85. The van der Waals surface area contributed by atoms with Crippen molar-refractivity contribution in [3.05, 3.63) is 23.8 Å². The van der Waals surface area contributed by atoms with Crippen LogP contribution < -0.4 is 5.32 Å². The van der Waals surface area contributed by atoms with Crippen LogP contribution in [0, 0.1) is 0 Å². The zero-order valence-corrected chi connectivity index (χ0v) is 11.0. The Balaban J connectivity index is 2.30. The summed E-state index contributed by atoms with van der Waals surface area (Å²) in [6, 6.07) is -0.0892. The second-order valence-electron chi connectivity index (χ2n) is 4.33. The highest BCUT2D eigenvalue weighted by Crippen LogP contribution is 2.10. The van der Waals surface area contributed by atoms with Crippen molar-refractivity contribution in [1.29, 1.82) is 0 Å². The molecule has 0 fully saturated rings. The molecule has 2 N–H and O–H groups in total. The molecule has 2 aromatic rings. The first-order chi connectivity index (χ1) is 9.17. The Morgan fingerprint density at radius 1 is 1.53 bits per heavy atom. The van der Waals surface area contributed by atoms with E-state index in [1.54, 1.807) is 4.52 Å². The monoisotopic (exact) mass is 263 g/mol. The molecule has 1 unspecified atom stereocenters. The van der Waals surface area contributed by atoms with E-state index in [-0.39, 0.29) is 18.6 Å². The fourth-order valence-electron chi connectivity index (χ4n) is 1.92. The summed E-state index contributed by atoms with van der Waals surface area (Å²) in [5, 5.41) is 15.7. The first-order valence-corrected chi connectivity index (χ1v) is 6.26. The number of hydrogen-bond donors (Lipinski definition) is 2. The number of nitrogens with one attached hydrogen (secondary N) is 1. The highest BCUT2D eigenvalue weighted by Gasteiger charge is 2.16. The molecule has 0 saturated heterocycles. The molecule has 2 rings (SSSR count). The predicted octanol–water partition coefficient (Wildman–Crippen LogP) is 0.187. The standard InChI is InChI=1S/C12H17N5O2/c1-3-10-9(11(19)16-8(2)4-5-18)6-13-12-14-7-15-17(10)12/h6-8,18H,3-5H2,1-2H3,(H,16,19). The lowest BCUT2D eigenvalue weighted by Gasteiger charge is -2.14. The Labute approximate surface area is 110 Å². The third kappa shape index (κ3) is 2.70. The molecule has 7 heteroatoms. The zero-order valence-electron chi connectivity index (χ0n) is 11.0. The summed E-state index contributed by atoms with van der Waals surface area (Å²) in [6.07, 6.45) is 4.10. The van der Waals surface area contributed by atoms with Gasteiger partial charge in [0.2, 0.25) is 0 Å². The minimum atomic E-state index is -0.206. The maximum Gasteiger partial charge on any atom is 0.254 e. The first kappa shape index (κ1) is 13.4. The van der Waals surface area contributed by atoms with Crippen molar-refractivity contribution >= 4 is 11.7 Å². The van der Waals surface area contributed by atoms with E-state index in [1.807, 2.05) is 13.8 Å². The fourth-order valence-corrected chi connectivity index (χ4v) is 1.92. The summed E-state index contributed by atoms with van der Waals surface area (Å²) >= 11 is 0. The summed E-state index contributed by atoms with van der Waals surface area (Å²) in [7, 11) is 0. The number of hydrogen-bond acceptors (Lipinski definition) is 5. The molecule has 0 aliphatic carbocycles. The van der Waals surface area contributed by atoms with Gasteiger partial charge in [-0.1, -0.05) is 6.92 Å². The van der Waals surface area contributed by atoms with Gasteiger partial charge in [0.1, 0.15) is 6.33 Å². The Hall–Kier alpha value is -2.02. The van der Waals surface area contributed by atoms with E-state index in [9.17, 15) is 4.79 Å². The van der Waals surface area contributed by atoms with Gasteiger partial charge in [0.25, 0.3) is 11.7 Å². The topological polar surface area (TPSA) is 92.4 Å². The summed E-state index contributed by atoms with van der Waals surface area (Å²) in [4.78, 5) is 20.3. The van der Waals surface area contributed by atoms with Crippen LogP contribution in [0.2, 0.25) is 0 Å².